The van der Waals surface area contributed by atoms with Crippen molar-refractivity contribution < 1.29 is 9.18 Å². The van der Waals surface area contributed by atoms with Crippen LogP contribution in [0, 0.1) is 12.7 Å². The average Bonchev–Trinajstić information content (AvgIpc) is 3.56. The molecule has 5 aromatic rings. The van der Waals surface area contributed by atoms with Crippen molar-refractivity contribution in [2.24, 2.45) is 0 Å². The van der Waals surface area contributed by atoms with Gasteiger partial charge < -0.3 is 21.4 Å². The average molecular weight is 579 g/mol. The summed E-state index contributed by atoms with van der Waals surface area (Å²) in [7, 11) is 0. The van der Waals surface area contributed by atoms with E-state index in [4.69, 9.17) is 5.73 Å². The molecule has 0 aliphatic carbocycles. The Labute approximate surface area is 226 Å². The zero-order chi connectivity index (χ0) is 26.3. The Balaban J connectivity index is 0.000000301. The number of anilines is 3. The van der Waals surface area contributed by atoms with Crippen LogP contribution in [0.25, 0.3) is 16.6 Å². The number of nitrogens with zero attached hydrogens (tertiary/aromatic N) is 2. The van der Waals surface area contributed by atoms with E-state index in [1.165, 1.54) is 22.5 Å². The first-order chi connectivity index (χ1) is 17.7. The number of hydrogen-bond donors (Lipinski definition) is 5. The SMILES string of the molecule is CC1Nc2ccc(-n3ncc(C(=O)c4cc5cc(Br)c(F)cc5[nH]4)c3N)cc2N1.Cc1ccc(S)cc1. The molecule has 0 amide bonds. The molecule has 3 aromatic carbocycles. The van der Waals surface area contributed by atoms with Crippen molar-refractivity contribution in [3.8, 4) is 5.69 Å². The summed E-state index contributed by atoms with van der Waals surface area (Å²) in [5.74, 6) is -0.476. The highest BCUT2D eigenvalue weighted by Gasteiger charge is 2.21. The topological polar surface area (TPSA) is 101 Å². The highest BCUT2D eigenvalue weighted by molar-refractivity contribution is 9.10. The molecule has 10 heteroatoms. The number of carbonyl (C=O) groups is 1. The summed E-state index contributed by atoms with van der Waals surface area (Å²) in [5.41, 5.74) is 11.3. The first-order valence-corrected chi connectivity index (χ1v) is 12.7. The van der Waals surface area contributed by atoms with Crippen molar-refractivity contribution >= 4 is 62.4 Å². The van der Waals surface area contributed by atoms with Gasteiger partial charge in [-0.05, 0) is 78.3 Å². The largest absolute Gasteiger partial charge is 0.383 e. The number of nitrogens with two attached hydrogens (primary N) is 1. The van der Waals surface area contributed by atoms with Crippen molar-refractivity contribution in [2.75, 3.05) is 16.4 Å². The summed E-state index contributed by atoms with van der Waals surface area (Å²) < 4.78 is 15.6. The third-order valence-electron chi connectivity index (χ3n) is 5.98. The number of ketones is 1. The number of carbonyl (C=O) groups excluding carboxylic acids is 1. The molecular weight excluding hydrogens is 555 g/mol. The molecule has 6 rings (SSSR count). The number of rotatable bonds is 3. The summed E-state index contributed by atoms with van der Waals surface area (Å²) in [6, 6.07) is 18.4. The van der Waals surface area contributed by atoms with Crippen molar-refractivity contribution in [2.45, 2.75) is 24.9 Å². The molecule has 7 nitrogen and oxygen atoms in total. The van der Waals surface area contributed by atoms with Crippen LogP contribution in [0.1, 0.15) is 28.5 Å². The predicted octanol–water partition coefficient (Wildman–Crippen LogP) is 6.54. The number of nitrogens with one attached hydrogen (secondary N) is 3. The van der Waals surface area contributed by atoms with Crippen LogP contribution in [-0.4, -0.2) is 26.7 Å². The Hall–Kier alpha value is -3.76. The van der Waals surface area contributed by atoms with E-state index in [1.54, 1.807) is 12.1 Å². The lowest BCUT2D eigenvalue weighted by Crippen LogP contribution is -2.16. The van der Waals surface area contributed by atoms with Crippen molar-refractivity contribution in [1.29, 1.82) is 0 Å². The Kier molecular flexibility index (Phi) is 6.70. The van der Waals surface area contributed by atoms with Crippen LogP contribution in [0.4, 0.5) is 21.6 Å². The van der Waals surface area contributed by atoms with Crippen LogP contribution in [0.2, 0.25) is 0 Å². The number of nitrogen functional groups attached to an aromatic ring is 1. The standard InChI is InChI=1S/C20H16BrFN6O.C7H8S/c1-9-25-15-3-2-11(6-17(15)26-9)28-20(23)12(8-24-28)19(29)18-5-10-4-13(21)14(22)7-16(10)27-18;1-6-2-4-7(8)5-3-6/h2-9,25-27H,23H2,1H3;2-5,8H,1H3. The van der Waals surface area contributed by atoms with E-state index in [0.717, 1.165) is 27.3 Å². The molecule has 0 spiro atoms. The minimum Gasteiger partial charge on any atom is -0.383 e. The first-order valence-electron chi connectivity index (χ1n) is 11.5. The Morgan fingerprint density at radius 2 is 1.81 bits per heavy atom. The zero-order valence-electron chi connectivity index (χ0n) is 20.0. The van der Waals surface area contributed by atoms with Gasteiger partial charge >= 0.3 is 0 Å². The molecule has 188 valence electrons. The number of thiol groups is 1. The van der Waals surface area contributed by atoms with Gasteiger partial charge in [0, 0.05) is 15.8 Å². The van der Waals surface area contributed by atoms with E-state index >= 15 is 0 Å². The zero-order valence-corrected chi connectivity index (χ0v) is 22.5. The number of aromatic amines is 1. The second kappa shape index (κ2) is 9.95. The molecule has 37 heavy (non-hydrogen) atoms. The second-order valence-corrected chi connectivity index (χ2v) is 10.2. The fourth-order valence-electron chi connectivity index (χ4n) is 4.09. The third-order valence-corrected chi connectivity index (χ3v) is 6.89. The molecule has 0 fully saturated rings. The lowest BCUT2D eigenvalue weighted by atomic mass is 10.1. The summed E-state index contributed by atoms with van der Waals surface area (Å²) in [4.78, 5) is 17.0. The van der Waals surface area contributed by atoms with E-state index < -0.39 is 5.82 Å². The van der Waals surface area contributed by atoms with Gasteiger partial charge in [-0.1, -0.05) is 17.7 Å². The normalized spacial score (nSPS) is 13.9. The minimum atomic E-state index is -0.403. The smallest absolute Gasteiger partial charge is 0.214 e. The fourth-order valence-corrected chi connectivity index (χ4v) is 4.60. The first kappa shape index (κ1) is 24.9. The predicted molar refractivity (Wildman–Crippen MR) is 153 cm³/mol. The lowest BCUT2D eigenvalue weighted by molar-refractivity contribution is 0.103. The van der Waals surface area contributed by atoms with Gasteiger partial charge in [0.15, 0.2) is 0 Å². The van der Waals surface area contributed by atoms with Crippen LogP contribution in [0.5, 0.6) is 0 Å². The summed E-state index contributed by atoms with van der Waals surface area (Å²) in [6.45, 7) is 4.08. The molecule has 0 radical (unpaired) electrons. The maximum absolute atomic E-state index is 13.8. The second-order valence-electron chi connectivity index (χ2n) is 8.80. The molecule has 3 heterocycles. The third kappa shape index (κ3) is 5.07. The maximum atomic E-state index is 13.8. The molecule has 1 aliphatic heterocycles. The Bertz CT molecular complexity index is 1570. The van der Waals surface area contributed by atoms with Gasteiger partial charge in [-0.15, -0.1) is 12.6 Å². The van der Waals surface area contributed by atoms with Crippen molar-refractivity contribution in [3.63, 3.8) is 0 Å². The molecule has 1 atom stereocenters. The highest BCUT2D eigenvalue weighted by Crippen LogP contribution is 2.32. The number of aromatic nitrogens is 3. The molecule has 1 aliphatic rings. The number of aryl methyl sites for hydroxylation is 1. The van der Waals surface area contributed by atoms with E-state index in [9.17, 15) is 9.18 Å². The number of hydrogen-bond acceptors (Lipinski definition) is 6. The van der Waals surface area contributed by atoms with E-state index in [1.807, 2.05) is 49.4 Å². The molecule has 0 bridgehead atoms. The number of H-pyrrole nitrogens is 1. The lowest BCUT2D eigenvalue weighted by Gasteiger charge is -2.07. The maximum Gasteiger partial charge on any atom is 0.214 e. The molecule has 0 saturated carbocycles. The van der Waals surface area contributed by atoms with Gasteiger partial charge in [0.05, 0.1) is 45.2 Å². The van der Waals surface area contributed by atoms with Crippen molar-refractivity contribution in [3.05, 3.63) is 94.0 Å². The van der Waals surface area contributed by atoms with Crippen LogP contribution in [0.15, 0.2) is 76.2 Å². The fraction of sp³-hybridized carbons (Fsp3) is 0.111. The van der Waals surface area contributed by atoms with E-state index in [2.05, 4.69) is 56.2 Å². The van der Waals surface area contributed by atoms with Crippen LogP contribution in [-0.2, 0) is 0 Å². The Morgan fingerprint density at radius 1 is 1.08 bits per heavy atom. The molecule has 0 saturated heterocycles. The number of halogens is 2. The van der Waals surface area contributed by atoms with Gasteiger partial charge in [0.1, 0.15) is 11.6 Å². The Morgan fingerprint density at radius 3 is 2.54 bits per heavy atom. The van der Waals surface area contributed by atoms with Crippen LogP contribution in [0.3, 0.4) is 0 Å². The van der Waals surface area contributed by atoms with Gasteiger partial charge in [-0.25, -0.2) is 9.07 Å². The van der Waals surface area contributed by atoms with E-state index in [0.29, 0.717) is 15.7 Å². The van der Waals surface area contributed by atoms with Gasteiger partial charge in [-0.2, -0.15) is 5.10 Å². The molecule has 2 aromatic heterocycles. The van der Waals surface area contributed by atoms with Crippen molar-refractivity contribution in [1.82, 2.24) is 14.8 Å². The molecular formula is C27H24BrFN6OS. The monoisotopic (exact) mass is 578 g/mol. The number of benzene rings is 3. The summed E-state index contributed by atoms with van der Waals surface area (Å²) in [6.07, 6.45) is 1.58. The summed E-state index contributed by atoms with van der Waals surface area (Å²) >= 11 is 7.29. The van der Waals surface area contributed by atoms with Crippen LogP contribution < -0.4 is 16.4 Å². The van der Waals surface area contributed by atoms with Gasteiger partial charge in [-0.3, -0.25) is 4.79 Å². The van der Waals surface area contributed by atoms with Gasteiger partial charge in [0.25, 0.3) is 0 Å². The van der Waals surface area contributed by atoms with Crippen LogP contribution >= 0.6 is 28.6 Å². The quantitative estimate of drug-likeness (QED) is 0.124. The highest BCUT2D eigenvalue weighted by atomic mass is 79.9. The molecule has 5 N–H and O–H groups in total. The molecule has 1 unspecified atom stereocenters. The minimum absolute atomic E-state index is 0.138. The van der Waals surface area contributed by atoms with E-state index in [-0.39, 0.29) is 23.3 Å². The van der Waals surface area contributed by atoms with Gasteiger partial charge in [0.2, 0.25) is 5.78 Å². The number of fused-ring (bicyclic) bond motifs is 2. The summed E-state index contributed by atoms with van der Waals surface area (Å²) in [5, 5.41) is 11.6.